The van der Waals surface area contributed by atoms with Crippen LogP contribution in [0.4, 0.5) is 0 Å². The molecule has 0 amide bonds. The molecule has 148 valence electrons. The number of aliphatic hydroxyl groups excluding tert-OH is 1. The Hall–Kier alpha value is -2.64. The molecular weight excluding hydrogens is 356 g/mol. The van der Waals surface area contributed by atoms with Crippen LogP contribution in [0.25, 0.3) is 22.5 Å². The van der Waals surface area contributed by atoms with Crippen molar-refractivity contribution in [3.63, 3.8) is 0 Å². The summed E-state index contributed by atoms with van der Waals surface area (Å²) >= 11 is 0. The van der Waals surface area contributed by atoms with Gasteiger partial charge >= 0.3 is 0 Å². The van der Waals surface area contributed by atoms with Crippen LogP contribution in [0.2, 0.25) is 0 Å². The number of fused-ring (bicyclic) bond motifs is 1. The molecule has 3 heterocycles. The fourth-order valence-electron chi connectivity index (χ4n) is 3.85. The highest BCUT2D eigenvalue weighted by molar-refractivity contribution is 5.84. The van der Waals surface area contributed by atoms with E-state index in [2.05, 4.69) is 21.4 Å². The molecule has 2 aliphatic heterocycles. The predicted molar refractivity (Wildman–Crippen MR) is 106 cm³/mol. The van der Waals surface area contributed by atoms with Crippen molar-refractivity contribution in [2.45, 2.75) is 51.4 Å². The first-order valence-corrected chi connectivity index (χ1v) is 9.71. The summed E-state index contributed by atoms with van der Waals surface area (Å²) in [7, 11) is 1.90. The summed E-state index contributed by atoms with van der Waals surface area (Å²) in [4.78, 5) is 8.90. The molecule has 0 saturated heterocycles. The molecular formula is C21H26N4O3. The highest BCUT2D eigenvalue weighted by atomic mass is 16.5. The molecule has 4 rings (SSSR count). The maximum Gasteiger partial charge on any atom is 0.221 e. The van der Waals surface area contributed by atoms with E-state index in [1.165, 1.54) is 0 Å². The van der Waals surface area contributed by atoms with Crippen LogP contribution in [0.5, 0.6) is 5.88 Å². The van der Waals surface area contributed by atoms with E-state index >= 15 is 0 Å². The number of hydrogen-bond acceptors (Lipinski definition) is 6. The van der Waals surface area contributed by atoms with Gasteiger partial charge in [-0.2, -0.15) is 4.73 Å². The van der Waals surface area contributed by atoms with Gasteiger partial charge in [-0.25, -0.2) is 9.97 Å². The van der Waals surface area contributed by atoms with Crippen LogP contribution in [-0.4, -0.2) is 44.3 Å². The number of pyridine rings is 2. The van der Waals surface area contributed by atoms with Crippen LogP contribution in [-0.2, 0) is 6.54 Å². The predicted octanol–water partition coefficient (Wildman–Crippen LogP) is 3.00. The molecule has 1 saturated carbocycles. The Morgan fingerprint density at radius 2 is 1.93 bits per heavy atom. The highest BCUT2D eigenvalue weighted by Gasteiger charge is 2.25. The number of ether oxygens (including phenoxy) is 1. The zero-order valence-electron chi connectivity index (χ0n) is 16.2. The summed E-state index contributed by atoms with van der Waals surface area (Å²) < 4.78 is 7.39. The van der Waals surface area contributed by atoms with Crippen molar-refractivity contribution >= 4 is 0 Å². The molecule has 7 heteroatoms. The van der Waals surface area contributed by atoms with Gasteiger partial charge in [-0.15, -0.1) is 0 Å². The maximum atomic E-state index is 10.3. The third-order valence-electron chi connectivity index (χ3n) is 5.36. The normalized spacial score (nSPS) is 19.8. The Kier molecular flexibility index (Phi) is 5.19. The molecule has 1 aliphatic carbocycles. The largest absolute Gasteiger partial charge is 0.474 e. The lowest BCUT2D eigenvalue weighted by Gasteiger charge is -2.27. The molecule has 0 aromatic carbocycles. The van der Waals surface area contributed by atoms with Gasteiger partial charge in [-0.1, -0.05) is 0 Å². The molecule has 0 spiro atoms. The van der Waals surface area contributed by atoms with Crippen LogP contribution in [0, 0.1) is 6.92 Å². The minimum atomic E-state index is -0.225. The lowest BCUT2D eigenvalue weighted by Crippen LogP contribution is -2.27. The molecule has 0 atom stereocenters. The van der Waals surface area contributed by atoms with Gasteiger partial charge in [0.15, 0.2) is 5.82 Å². The average molecular weight is 382 g/mol. The van der Waals surface area contributed by atoms with E-state index in [1.807, 2.05) is 32.3 Å². The van der Waals surface area contributed by atoms with Crippen molar-refractivity contribution in [1.82, 2.24) is 20.0 Å². The SMILES string of the molecule is CNCc1cnc(OC2CCC(O)CC2)c(-c2cc(C)n(O)c3nccc2-3)c1. The van der Waals surface area contributed by atoms with E-state index < -0.39 is 0 Å². The van der Waals surface area contributed by atoms with E-state index in [0.29, 0.717) is 23.9 Å². The van der Waals surface area contributed by atoms with Gasteiger partial charge in [-0.05, 0) is 63.4 Å². The number of aliphatic hydroxyl groups is 1. The minimum Gasteiger partial charge on any atom is -0.474 e. The third kappa shape index (κ3) is 3.55. The van der Waals surface area contributed by atoms with Crippen LogP contribution >= 0.6 is 0 Å². The van der Waals surface area contributed by atoms with Crippen molar-refractivity contribution in [2.24, 2.45) is 0 Å². The first-order valence-electron chi connectivity index (χ1n) is 9.71. The van der Waals surface area contributed by atoms with Crippen molar-refractivity contribution < 1.29 is 15.1 Å². The summed E-state index contributed by atoms with van der Waals surface area (Å²) in [6.07, 6.45) is 6.48. The van der Waals surface area contributed by atoms with Crippen LogP contribution in [0.1, 0.15) is 36.9 Å². The molecule has 3 aliphatic rings. The summed E-state index contributed by atoms with van der Waals surface area (Å²) in [5.41, 5.74) is 4.41. The summed E-state index contributed by atoms with van der Waals surface area (Å²) in [5, 5.41) is 23.2. The Morgan fingerprint density at radius 3 is 2.68 bits per heavy atom. The molecule has 7 nitrogen and oxygen atoms in total. The Labute approximate surface area is 164 Å². The first-order chi connectivity index (χ1) is 13.6. The second kappa shape index (κ2) is 7.77. The number of hydrogen-bond donors (Lipinski definition) is 3. The molecule has 3 N–H and O–H groups in total. The van der Waals surface area contributed by atoms with Crippen molar-refractivity contribution in [3.8, 4) is 28.4 Å². The van der Waals surface area contributed by atoms with Gasteiger partial charge in [0.05, 0.1) is 11.8 Å². The molecule has 0 radical (unpaired) electrons. The number of nitrogens with zero attached hydrogens (tertiary/aromatic N) is 3. The molecule has 1 aromatic heterocycles. The van der Waals surface area contributed by atoms with Crippen LogP contribution in [0.15, 0.2) is 30.6 Å². The first kappa shape index (κ1) is 18.7. The van der Waals surface area contributed by atoms with Gasteiger partial charge in [0.25, 0.3) is 0 Å². The van der Waals surface area contributed by atoms with Gasteiger partial charge in [-0.3, -0.25) is 0 Å². The van der Waals surface area contributed by atoms with E-state index in [4.69, 9.17) is 4.74 Å². The average Bonchev–Trinajstić information content (AvgIpc) is 3.18. The topological polar surface area (TPSA) is 92.4 Å². The fourth-order valence-corrected chi connectivity index (χ4v) is 3.85. The van der Waals surface area contributed by atoms with Crippen molar-refractivity contribution in [2.75, 3.05) is 7.05 Å². The van der Waals surface area contributed by atoms with Crippen LogP contribution < -0.4 is 10.1 Å². The quantitative estimate of drug-likeness (QED) is 0.588. The zero-order valence-corrected chi connectivity index (χ0v) is 16.2. The van der Waals surface area contributed by atoms with Crippen LogP contribution in [0.3, 0.4) is 0 Å². The Bertz CT molecular complexity index is 932. The molecule has 28 heavy (non-hydrogen) atoms. The number of aryl methyl sites for hydroxylation is 1. The third-order valence-corrected chi connectivity index (χ3v) is 5.36. The standard InChI is InChI=1S/C21H26N4O3/c1-13-9-18(17-7-8-23-20(17)25(13)27)19-10-14(11-22-2)12-24-21(19)28-16-5-3-15(26)4-6-16/h7-10,12,15-16,22,26-27H,3-6,11H2,1-2H3. The molecule has 1 aromatic rings. The molecule has 1 fully saturated rings. The maximum absolute atomic E-state index is 10.3. The van der Waals surface area contributed by atoms with Crippen molar-refractivity contribution in [1.29, 1.82) is 0 Å². The van der Waals surface area contributed by atoms with Gasteiger partial charge < -0.3 is 20.4 Å². The monoisotopic (exact) mass is 382 g/mol. The van der Waals surface area contributed by atoms with E-state index in [1.54, 1.807) is 6.20 Å². The summed E-state index contributed by atoms with van der Waals surface area (Å²) in [5.74, 6) is 1.10. The minimum absolute atomic E-state index is 0.0469. The van der Waals surface area contributed by atoms with E-state index in [9.17, 15) is 10.3 Å². The zero-order chi connectivity index (χ0) is 19.7. The second-order valence-electron chi connectivity index (χ2n) is 7.47. The fraction of sp³-hybridized carbons (Fsp3) is 0.429. The van der Waals surface area contributed by atoms with Gasteiger partial charge in [0.1, 0.15) is 6.10 Å². The second-order valence-corrected chi connectivity index (χ2v) is 7.47. The number of rotatable bonds is 5. The molecule has 0 bridgehead atoms. The summed E-state index contributed by atoms with van der Waals surface area (Å²) in [6, 6.07) is 5.91. The lowest BCUT2D eigenvalue weighted by molar-refractivity contribution is 0.0646. The van der Waals surface area contributed by atoms with Gasteiger partial charge in [0, 0.05) is 35.6 Å². The lowest BCUT2D eigenvalue weighted by atomic mass is 9.95. The van der Waals surface area contributed by atoms with E-state index in [-0.39, 0.29) is 12.2 Å². The van der Waals surface area contributed by atoms with Crippen molar-refractivity contribution in [3.05, 3.63) is 41.9 Å². The van der Waals surface area contributed by atoms with E-state index in [0.717, 1.165) is 52.7 Å². The summed E-state index contributed by atoms with van der Waals surface area (Å²) in [6.45, 7) is 2.54. The van der Waals surface area contributed by atoms with Gasteiger partial charge in [0.2, 0.25) is 5.88 Å². The Morgan fingerprint density at radius 1 is 1.14 bits per heavy atom. The number of aromatic nitrogens is 3. The smallest absolute Gasteiger partial charge is 0.221 e. The highest BCUT2D eigenvalue weighted by Crippen LogP contribution is 2.39. The number of nitrogens with one attached hydrogen (secondary N) is 1. The Balaban J connectivity index is 1.77. The molecule has 0 unspecified atom stereocenters.